The van der Waals surface area contributed by atoms with Gasteiger partial charge in [0.2, 0.25) is 5.91 Å². The molecule has 0 bridgehead atoms. The third-order valence-electron chi connectivity index (χ3n) is 7.24. The van der Waals surface area contributed by atoms with Crippen molar-refractivity contribution in [3.05, 3.63) is 54.1 Å². The quantitative estimate of drug-likeness (QED) is 0.364. The first-order chi connectivity index (χ1) is 16.1. The molecule has 1 amide bonds. The topological polar surface area (TPSA) is 57.1 Å². The predicted molar refractivity (Wildman–Crippen MR) is 162 cm³/mol. The van der Waals surface area contributed by atoms with E-state index in [1.165, 1.54) is 6.92 Å². The number of anilines is 2. The number of carbonyl (C=O) groups is 1. The van der Waals surface area contributed by atoms with Gasteiger partial charge in [0.1, 0.15) is 5.54 Å². The Bertz CT molecular complexity index is 1110. The molecule has 0 radical (unpaired) electrons. The lowest BCUT2D eigenvalue weighted by molar-refractivity contribution is -0.114. The number of hydrogen-bond donors (Lipinski definition) is 1. The molecule has 5 nitrogen and oxygen atoms in total. The highest BCUT2D eigenvalue weighted by Crippen LogP contribution is 2.49. The molecule has 0 unspecified atom stereocenters. The van der Waals surface area contributed by atoms with Gasteiger partial charge in [0.05, 0.1) is 5.69 Å². The number of hydrogen-bond acceptors (Lipinski definition) is 4. The smallest absolute Gasteiger partial charge is 0.221 e. The lowest BCUT2D eigenvalue weighted by atomic mass is 9.66. The molecule has 1 fully saturated rings. The monoisotopic (exact) mass is 604 g/mol. The molecule has 2 aromatic rings. The molecule has 1 aliphatic heterocycles. The number of aryl methyl sites for hydroxylation is 1. The van der Waals surface area contributed by atoms with E-state index in [-0.39, 0.29) is 35.4 Å². The molecule has 1 heterocycles. The zero-order chi connectivity index (χ0) is 24.5. The summed E-state index contributed by atoms with van der Waals surface area (Å²) in [6.07, 6.45) is 6.41. The van der Waals surface area contributed by atoms with E-state index in [2.05, 4.69) is 74.5 Å². The van der Waals surface area contributed by atoms with Crippen molar-refractivity contribution in [1.82, 2.24) is 0 Å². The Morgan fingerprint density at radius 1 is 1.11 bits per heavy atom. The highest BCUT2D eigenvalue weighted by molar-refractivity contribution is 14.0. The number of nitrogens with zero attached hydrogens (tertiary/aromatic N) is 3. The fourth-order valence-corrected chi connectivity index (χ4v) is 5.90. The Balaban J connectivity index is 0.00000342. The number of halogens is 1. The number of amides is 1. The standard InChI is InChI=1S/C28H36N4OS.HI/c1-19-9-7-8-10-24(19)30-25-28(17-15-21(16-18-28)27(3,4)5)32(26(31-25)34-6)23-13-11-22(12-14-23)29-20(2)33;/h7-14,21H,15-18H2,1-6H3,(H,29,33);1H. The minimum absolute atomic E-state index is 0. The zero-order valence-electron chi connectivity index (χ0n) is 21.6. The van der Waals surface area contributed by atoms with E-state index in [1.54, 1.807) is 11.8 Å². The number of carbonyl (C=O) groups excluding carboxylic acids is 1. The summed E-state index contributed by atoms with van der Waals surface area (Å²) in [6.45, 7) is 10.7. The molecular formula is C28H37IN4OS. The third kappa shape index (κ3) is 5.77. The second kappa shape index (κ2) is 11.0. The maximum Gasteiger partial charge on any atom is 0.221 e. The molecule has 0 aromatic heterocycles. The van der Waals surface area contributed by atoms with E-state index >= 15 is 0 Å². The fourth-order valence-electron chi connectivity index (χ4n) is 5.26. The number of benzene rings is 2. The second-order valence-electron chi connectivity index (χ2n) is 10.6. The van der Waals surface area contributed by atoms with Gasteiger partial charge in [-0.1, -0.05) is 50.7 Å². The van der Waals surface area contributed by atoms with Crippen molar-refractivity contribution in [3.63, 3.8) is 0 Å². The van der Waals surface area contributed by atoms with Crippen LogP contribution in [0.1, 0.15) is 58.9 Å². The van der Waals surface area contributed by atoms with Gasteiger partial charge in [-0.3, -0.25) is 4.79 Å². The van der Waals surface area contributed by atoms with Crippen LogP contribution in [0.5, 0.6) is 0 Å². The maximum atomic E-state index is 11.5. The predicted octanol–water partition coefficient (Wildman–Crippen LogP) is 7.82. The van der Waals surface area contributed by atoms with Crippen LogP contribution in [-0.4, -0.2) is 28.7 Å². The summed E-state index contributed by atoms with van der Waals surface area (Å²) >= 11 is 1.67. The molecule has 35 heavy (non-hydrogen) atoms. The summed E-state index contributed by atoms with van der Waals surface area (Å²) in [5.74, 6) is 1.54. The number of para-hydroxylation sites is 1. The van der Waals surface area contributed by atoms with Crippen LogP contribution in [0.15, 0.2) is 58.5 Å². The van der Waals surface area contributed by atoms with Crippen molar-refractivity contribution in [2.24, 2.45) is 21.3 Å². The molecule has 7 heteroatoms. The SMILES string of the molecule is CSC1=NC(=Nc2ccccc2C)C2(CCC(C(C)(C)C)CC2)N1c1ccc(NC(C)=O)cc1.I. The maximum absolute atomic E-state index is 11.5. The van der Waals surface area contributed by atoms with E-state index in [0.29, 0.717) is 11.3 Å². The number of amidine groups is 2. The molecular weight excluding hydrogens is 567 g/mol. The van der Waals surface area contributed by atoms with Crippen molar-refractivity contribution < 1.29 is 4.79 Å². The molecule has 2 aliphatic rings. The largest absolute Gasteiger partial charge is 0.326 e. The second-order valence-corrected chi connectivity index (χ2v) is 11.3. The van der Waals surface area contributed by atoms with Crippen LogP contribution in [-0.2, 0) is 4.79 Å². The van der Waals surface area contributed by atoms with Crippen LogP contribution in [0.4, 0.5) is 17.1 Å². The molecule has 4 rings (SSSR count). The molecule has 2 aromatic carbocycles. The summed E-state index contributed by atoms with van der Waals surface area (Å²) in [4.78, 5) is 24.2. The van der Waals surface area contributed by atoms with Gasteiger partial charge in [0, 0.05) is 18.3 Å². The highest BCUT2D eigenvalue weighted by atomic mass is 127. The van der Waals surface area contributed by atoms with Crippen molar-refractivity contribution in [2.75, 3.05) is 16.5 Å². The third-order valence-corrected chi connectivity index (χ3v) is 7.88. The van der Waals surface area contributed by atoms with E-state index in [1.807, 2.05) is 18.2 Å². The van der Waals surface area contributed by atoms with Gasteiger partial charge in [-0.2, -0.15) is 0 Å². The number of nitrogens with one attached hydrogen (secondary N) is 1. The summed E-state index contributed by atoms with van der Waals surface area (Å²) in [5.41, 5.74) is 4.07. The first-order valence-electron chi connectivity index (χ1n) is 12.1. The van der Waals surface area contributed by atoms with Gasteiger partial charge in [0.15, 0.2) is 11.0 Å². The average molecular weight is 605 g/mol. The minimum Gasteiger partial charge on any atom is -0.326 e. The Hall–Kier alpha value is -1.87. The summed E-state index contributed by atoms with van der Waals surface area (Å²) in [7, 11) is 0. The van der Waals surface area contributed by atoms with Crippen LogP contribution in [0.25, 0.3) is 0 Å². The van der Waals surface area contributed by atoms with Gasteiger partial charge in [-0.25, -0.2) is 9.98 Å². The van der Waals surface area contributed by atoms with Crippen LogP contribution in [0, 0.1) is 18.3 Å². The van der Waals surface area contributed by atoms with Gasteiger partial charge in [0.25, 0.3) is 0 Å². The Morgan fingerprint density at radius 3 is 2.29 bits per heavy atom. The van der Waals surface area contributed by atoms with Crippen LogP contribution >= 0.6 is 35.7 Å². The molecule has 1 aliphatic carbocycles. The van der Waals surface area contributed by atoms with Crippen LogP contribution in [0.2, 0.25) is 0 Å². The molecule has 1 N–H and O–H groups in total. The first-order valence-corrected chi connectivity index (χ1v) is 13.3. The molecule has 188 valence electrons. The molecule has 1 spiro atoms. The van der Waals surface area contributed by atoms with Gasteiger partial charge in [-0.05, 0) is 86.1 Å². The van der Waals surface area contributed by atoms with Crippen molar-refractivity contribution in [2.45, 2.75) is 65.8 Å². The molecule has 0 atom stereocenters. The first kappa shape index (κ1) is 27.7. The Morgan fingerprint density at radius 2 is 1.74 bits per heavy atom. The van der Waals surface area contributed by atoms with Gasteiger partial charge < -0.3 is 10.2 Å². The fraction of sp³-hybridized carbons (Fsp3) is 0.464. The lowest BCUT2D eigenvalue weighted by Crippen LogP contribution is -2.54. The van der Waals surface area contributed by atoms with E-state index in [0.717, 1.165) is 59.3 Å². The normalized spacial score (nSPS) is 23.3. The van der Waals surface area contributed by atoms with Crippen molar-refractivity contribution in [3.8, 4) is 0 Å². The van der Waals surface area contributed by atoms with Crippen LogP contribution in [0.3, 0.4) is 0 Å². The van der Waals surface area contributed by atoms with Crippen molar-refractivity contribution in [1.29, 1.82) is 0 Å². The summed E-state index contributed by atoms with van der Waals surface area (Å²) in [5, 5.41) is 3.85. The Kier molecular flexibility index (Phi) is 8.73. The highest BCUT2D eigenvalue weighted by Gasteiger charge is 2.51. The lowest BCUT2D eigenvalue weighted by Gasteiger charge is -2.47. The average Bonchev–Trinajstić information content (AvgIpc) is 3.07. The molecule has 0 saturated heterocycles. The van der Waals surface area contributed by atoms with Crippen molar-refractivity contribution >= 4 is 69.7 Å². The number of thioether (sulfide) groups is 1. The summed E-state index contributed by atoms with van der Waals surface area (Å²) < 4.78 is 0. The number of rotatable bonds is 3. The van der Waals surface area contributed by atoms with E-state index in [4.69, 9.17) is 9.98 Å². The van der Waals surface area contributed by atoms with Crippen LogP contribution < -0.4 is 10.2 Å². The Labute approximate surface area is 231 Å². The molecule has 1 saturated carbocycles. The van der Waals surface area contributed by atoms with E-state index in [9.17, 15) is 4.79 Å². The van der Waals surface area contributed by atoms with Gasteiger partial charge >= 0.3 is 0 Å². The number of aliphatic imine (C=N–C) groups is 2. The summed E-state index contributed by atoms with van der Waals surface area (Å²) in [6, 6.07) is 16.4. The van der Waals surface area contributed by atoms with Gasteiger partial charge in [-0.15, -0.1) is 24.0 Å². The minimum atomic E-state index is -0.266. The van der Waals surface area contributed by atoms with E-state index < -0.39 is 0 Å². The zero-order valence-corrected chi connectivity index (χ0v) is 24.7.